The summed E-state index contributed by atoms with van der Waals surface area (Å²) >= 11 is 0. The Morgan fingerprint density at radius 2 is 1.38 bits per heavy atom. The Labute approximate surface area is 124 Å². The van der Waals surface area contributed by atoms with Gasteiger partial charge in [0, 0.05) is 18.3 Å². The van der Waals surface area contributed by atoms with Crippen LogP contribution in [0.1, 0.15) is 22.6 Å². The van der Waals surface area contributed by atoms with Crippen molar-refractivity contribution in [3.05, 3.63) is 95.8 Å². The Balaban J connectivity index is 1.97. The van der Waals surface area contributed by atoms with E-state index in [1.54, 1.807) is 12.1 Å². The molecule has 0 bridgehead atoms. The van der Waals surface area contributed by atoms with E-state index in [1.807, 2.05) is 30.6 Å². The van der Waals surface area contributed by atoms with E-state index in [1.165, 1.54) is 16.7 Å². The van der Waals surface area contributed by atoms with Crippen LogP contribution in [0.2, 0.25) is 0 Å². The molecule has 0 aliphatic heterocycles. The number of hydrogen-bond donors (Lipinski definition) is 1. The molecule has 1 N–H and O–H groups in total. The molecule has 0 saturated heterocycles. The SMILES string of the molecule is Oc1ccc(C(Cc2ccncc2)c2ccccc2)cc1. The molecule has 1 aromatic heterocycles. The molecule has 0 aliphatic carbocycles. The molecular weight excluding hydrogens is 258 g/mol. The van der Waals surface area contributed by atoms with Gasteiger partial charge in [0.1, 0.15) is 5.75 Å². The van der Waals surface area contributed by atoms with E-state index in [4.69, 9.17) is 0 Å². The molecule has 2 nitrogen and oxygen atoms in total. The molecule has 0 amide bonds. The first kappa shape index (κ1) is 13.4. The third-order valence-corrected chi connectivity index (χ3v) is 3.69. The van der Waals surface area contributed by atoms with Crippen molar-refractivity contribution < 1.29 is 5.11 Å². The molecule has 0 spiro atoms. The maximum Gasteiger partial charge on any atom is 0.115 e. The summed E-state index contributed by atoms with van der Waals surface area (Å²) in [6.07, 6.45) is 4.57. The van der Waals surface area contributed by atoms with E-state index >= 15 is 0 Å². The average Bonchev–Trinajstić information content (AvgIpc) is 2.55. The zero-order chi connectivity index (χ0) is 14.5. The van der Waals surface area contributed by atoms with E-state index in [2.05, 4.69) is 41.4 Å². The lowest BCUT2D eigenvalue weighted by Gasteiger charge is -2.18. The van der Waals surface area contributed by atoms with Crippen LogP contribution >= 0.6 is 0 Å². The van der Waals surface area contributed by atoms with E-state index in [0.717, 1.165) is 6.42 Å². The topological polar surface area (TPSA) is 33.1 Å². The second kappa shape index (κ2) is 6.23. The van der Waals surface area contributed by atoms with Crippen LogP contribution in [0, 0.1) is 0 Å². The summed E-state index contributed by atoms with van der Waals surface area (Å²) in [4.78, 5) is 4.08. The van der Waals surface area contributed by atoms with Gasteiger partial charge in [0.05, 0.1) is 0 Å². The number of phenols is 1. The fourth-order valence-electron chi connectivity index (χ4n) is 2.57. The lowest BCUT2D eigenvalue weighted by Crippen LogP contribution is -2.05. The summed E-state index contributed by atoms with van der Waals surface area (Å²) in [5.74, 6) is 0.573. The molecule has 1 unspecified atom stereocenters. The molecule has 104 valence electrons. The van der Waals surface area contributed by atoms with Gasteiger partial charge in [-0.05, 0) is 47.4 Å². The Hall–Kier alpha value is -2.61. The minimum atomic E-state index is 0.272. The molecule has 3 rings (SSSR count). The van der Waals surface area contributed by atoms with E-state index in [-0.39, 0.29) is 5.92 Å². The lowest BCUT2D eigenvalue weighted by molar-refractivity contribution is 0.475. The van der Waals surface area contributed by atoms with Gasteiger partial charge >= 0.3 is 0 Å². The molecule has 2 aromatic carbocycles. The molecule has 2 heteroatoms. The van der Waals surface area contributed by atoms with Crippen LogP contribution in [0.3, 0.4) is 0 Å². The van der Waals surface area contributed by atoms with Crippen LogP contribution < -0.4 is 0 Å². The Bertz CT molecular complexity index is 678. The van der Waals surface area contributed by atoms with Crippen molar-refractivity contribution in [2.75, 3.05) is 0 Å². The van der Waals surface area contributed by atoms with Gasteiger partial charge in [0.25, 0.3) is 0 Å². The number of benzene rings is 2. The van der Waals surface area contributed by atoms with Gasteiger partial charge in [0.15, 0.2) is 0 Å². The van der Waals surface area contributed by atoms with Crippen molar-refractivity contribution in [3.8, 4) is 5.75 Å². The molecule has 0 radical (unpaired) electrons. The largest absolute Gasteiger partial charge is 0.508 e. The molecule has 0 fully saturated rings. The molecule has 0 aliphatic rings. The van der Waals surface area contributed by atoms with Gasteiger partial charge in [0.2, 0.25) is 0 Å². The number of hydrogen-bond acceptors (Lipinski definition) is 2. The zero-order valence-electron chi connectivity index (χ0n) is 11.7. The predicted molar refractivity (Wildman–Crippen MR) is 84.3 cm³/mol. The average molecular weight is 275 g/mol. The summed E-state index contributed by atoms with van der Waals surface area (Å²) in [5.41, 5.74) is 3.74. The molecule has 3 aromatic rings. The molecule has 21 heavy (non-hydrogen) atoms. The van der Waals surface area contributed by atoms with Gasteiger partial charge < -0.3 is 5.11 Å². The minimum absolute atomic E-state index is 0.272. The van der Waals surface area contributed by atoms with E-state index in [0.29, 0.717) is 5.75 Å². The lowest BCUT2D eigenvalue weighted by atomic mass is 9.86. The first-order valence-corrected chi connectivity index (χ1v) is 7.06. The highest BCUT2D eigenvalue weighted by Crippen LogP contribution is 2.29. The van der Waals surface area contributed by atoms with E-state index in [9.17, 15) is 5.11 Å². The summed E-state index contributed by atoms with van der Waals surface area (Å²) in [7, 11) is 0. The molecule has 1 atom stereocenters. The van der Waals surface area contributed by atoms with Gasteiger partial charge in [-0.3, -0.25) is 4.98 Å². The maximum absolute atomic E-state index is 9.49. The molecular formula is C19H17NO. The van der Waals surface area contributed by atoms with Crippen LogP contribution in [-0.4, -0.2) is 10.1 Å². The minimum Gasteiger partial charge on any atom is -0.508 e. The Kier molecular flexibility index (Phi) is 3.97. The number of aromatic nitrogens is 1. The number of phenolic OH excluding ortho intramolecular Hbond substituents is 1. The fraction of sp³-hybridized carbons (Fsp3) is 0.105. The number of rotatable bonds is 4. The summed E-state index contributed by atoms with van der Waals surface area (Å²) in [6.45, 7) is 0. The van der Waals surface area contributed by atoms with Crippen LogP contribution in [0.5, 0.6) is 5.75 Å². The van der Waals surface area contributed by atoms with E-state index < -0.39 is 0 Å². The van der Waals surface area contributed by atoms with Crippen LogP contribution in [-0.2, 0) is 6.42 Å². The van der Waals surface area contributed by atoms with Crippen molar-refractivity contribution in [2.24, 2.45) is 0 Å². The maximum atomic E-state index is 9.49. The summed E-state index contributed by atoms with van der Waals surface area (Å²) < 4.78 is 0. The number of nitrogens with zero attached hydrogens (tertiary/aromatic N) is 1. The highest BCUT2D eigenvalue weighted by Gasteiger charge is 2.14. The first-order chi connectivity index (χ1) is 10.3. The third kappa shape index (κ3) is 3.29. The van der Waals surface area contributed by atoms with Crippen LogP contribution in [0.4, 0.5) is 0 Å². The predicted octanol–water partition coefficient (Wildman–Crippen LogP) is 4.16. The monoisotopic (exact) mass is 275 g/mol. The fourth-order valence-corrected chi connectivity index (χ4v) is 2.57. The first-order valence-electron chi connectivity index (χ1n) is 7.06. The Morgan fingerprint density at radius 1 is 0.762 bits per heavy atom. The second-order valence-corrected chi connectivity index (χ2v) is 5.11. The van der Waals surface area contributed by atoms with Gasteiger partial charge in [-0.1, -0.05) is 42.5 Å². The standard InChI is InChI=1S/C19H17NO/c21-18-8-6-17(7-9-18)19(16-4-2-1-3-5-16)14-15-10-12-20-13-11-15/h1-13,19,21H,14H2. The van der Waals surface area contributed by atoms with Crippen molar-refractivity contribution in [1.29, 1.82) is 0 Å². The normalized spacial score (nSPS) is 12.0. The quantitative estimate of drug-likeness (QED) is 0.775. The highest BCUT2D eigenvalue weighted by atomic mass is 16.3. The molecule has 1 heterocycles. The smallest absolute Gasteiger partial charge is 0.115 e. The Morgan fingerprint density at radius 3 is 2.05 bits per heavy atom. The van der Waals surface area contributed by atoms with Gasteiger partial charge in [-0.15, -0.1) is 0 Å². The van der Waals surface area contributed by atoms with Crippen molar-refractivity contribution >= 4 is 0 Å². The van der Waals surface area contributed by atoms with Crippen LogP contribution in [0.25, 0.3) is 0 Å². The van der Waals surface area contributed by atoms with Crippen molar-refractivity contribution in [3.63, 3.8) is 0 Å². The second-order valence-electron chi connectivity index (χ2n) is 5.11. The van der Waals surface area contributed by atoms with Gasteiger partial charge in [-0.25, -0.2) is 0 Å². The summed E-state index contributed by atoms with van der Waals surface area (Å²) in [5, 5.41) is 9.49. The highest BCUT2D eigenvalue weighted by molar-refractivity contribution is 5.37. The molecule has 0 saturated carbocycles. The van der Waals surface area contributed by atoms with Crippen molar-refractivity contribution in [1.82, 2.24) is 4.98 Å². The summed E-state index contributed by atoms with van der Waals surface area (Å²) in [6, 6.07) is 22.1. The van der Waals surface area contributed by atoms with Crippen LogP contribution in [0.15, 0.2) is 79.1 Å². The van der Waals surface area contributed by atoms with Crippen molar-refractivity contribution in [2.45, 2.75) is 12.3 Å². The number of pyridine rings is 1. The van der Waals surface area contributed by atoms with Gasteiger partial charge in [-0.2, -0.15) is 0 Å². The third-order valence-electron chi connectivity index (χ3n) is 3.69. The zero-order valence-corrected chi connectivity index (χ0v) is 11.7. The number of aromatic hydroxyl groups is 1.